The smallest absolute Gasteiger partial charge is 0.224 e. The number of ether oxygens (including phenoxy) is 2. The third kappa shape index (κ3) is 4.78. The number of nitrogens with one attached hydrogen (secondary N) is 1. The second kappa shape index (κ2) is 8.75. The molecule has 2 aromatic carbocycles. The summed E-state index contributed by atoms with van der Waals surface area (Å²) in [6, 6.07) is 9.90. The molecular formula is C22H29NO3. The van der Waals surface area contributed by atoms with Crippen molar-refractivity contribution in [3.05, 3.63) is 47.0 Å². The number of amides is 1. The lowest BCUT2D eigenvalue weighted by molar-refractivity contribution is -0.116. The zero-order valence-corrected chi connectivity index (χ0v) is 16.6. The first-order valence-corrected chi connectivity index (χ1v) is 9.12. The standard InChI is InChI=1S/C22H29NO3/c1-7-8-21(24)23-18-11-15(4)22(16(5)12-18)26-19-10-9-17(14(2)3)13-20(19)25-6/h9-14H,7-8H2,1-6H3,(H,23,24). The quantitative estimate of drug-likeness (QED) is 0.666. The van der Waals surface area contributed by atoms with Crippen LogP contribution < -0.4 is 14.8 Å². The van der Waals surface area contributed by atoms with Crippen LogP contribution in [-0.2, 0) is 4.79 Å². The van der Waals surface area contributed by atoms with Gasteiger partial charge in [-0.15, -0.1) is 0 Å². The van der Waals surface area contributed by atoms with E-state index in [0.717, 1.165) is 34.7 Å². The Morgan fingerprint density at radius 2 is 1.73 bits per heavy atom. The number of hydrogen-bond acceptors (Lipinski definition) is 3. The molecule has 0 aromatic heterocycles. The molecule has 0 heterocycles. The Hall–Kier alpha value is -2.49. The summed E-state index contributed by atoms with van der Waals surface area (Å²) in [7, 11) is 1.65. The number of hydrogen-bond donors (Lipinski definition) is 1. The van der Waals surface area contributed by atoms with Gasteiger partial charge in [-0.2, -0.15) is 0 Å². The van der Waals surface area contributed by atoms with E-state index in [1.165, 1.54) is 5.56 Å². The normalized spacial score (nSPS) is 10.7. The molecular weight excluding hydrogens is 326 g/mol. The molecule has 0 saturated heterocycles. The Balaban J connectivity index is 2.28. The second-order valence-electron chi connectivity index (χ2n) is 6.90. The maximum absolute atomic E-state index is 11.8. The largest absolute Gasteiger partial charge is 0.493 e. The van der Waals surface area contributed by atoms with Gasteiger partial charge in [-0.25, -0.2) is 0 Å². The molecule has 0 aliphatic carbocycles. The zero-order valence-electron chi connectivity index (χ0n) is 16.6. The van der Waals surface area contributed by atoms with Gasteiger partial charge in [0.05, 0.1) is 7.11 Å². The molecule has 0 bridgehead atoms. The van der Waals surface area contributed by atoms with Crippen LogP contribution in [0.25, 0.3) is 0 Å². The minimum absolute atomic E-state index is 0.0333. The van der Waals surface area contributed by atoms with Crippen molar-refractivity contribution in [3.63, 3.8) is 0 Å². The Bertz CT molecular complexity index is 758. The summed E-state index contributed by atoms with van der Waals surface area (Å²) in [6.07, 6.45) is 1.35. The molecule has 0 atom stereocenters. The maximum atomic E-state index is 11.8. The maximum Gasteiger partial charge on any atom is 0.224 e. The topological polar surface area (TPSA) is 47.6 Å². The third-order valence-corrected chi connectivity index (χ3v) is 4.29. The van der Waals surface area contributed by atoms with Gasteiger partial charge in [-0.1, -0.05) is 26.8 Å². The highest BCUT2D eigenvalue weighted by Crippen LogP contribution is 2.37. The minimum atomic E-state index is 0.0333. The highest BCUT2D eigenvalue weighted by molar-refractivity contribution is 5.91. The van der Waals surface area contributed by atoms with Crippen molar-refractivity contribution in [1.82, 2.24) is 0 Å². The highest BCUT2D eigenvalue weighted by Gasteiger charge is 2.13. The Labute approximate surface area is 156 Å². The monoisotopic (exact) mass is 355 g/mol. The molecule has 2 rings (SSSR count). The molecule has 0 spiro atoms. The molecule has 0 saturated carbocycles. The number of benzene rings is 2. The van der Waals surface area contributed by atoms with Gasteiger partial charge in [0.1, 0.15) is 5.75 Å². The Kier molecular flexibility index (Phi) is 6.67. The summed E-state index contributed by atoms with van der Waals surface area (Å²) in [5.41, 5.74) is 3.93. The zero-order chi connectivity index (χ0) is 19.3. The molecule has 0 unspecified atom stereocenters. The summed E-state index contributed by atoms with van der Waals surface area (Å²) in [6.45, 7) is 10.2. The van der Waals surface area contributed by atoms with E-state index >= 15 is 0 Å². The van der Waals surface area contributed by atoms with Crippen LogP contribution in [0, 0.1) is 13.8 Å². The van der Waals surface area contributed by atoms with Gasteiger partial charge >= 0.3 is 0 Å². The molecule has 1 N–H and O–H groups in total. The number of carbonyl (C=O) groups is 1. The van der Waals surface area contributed by atoms with Crippen molar-refractivity contribution in [3.8, 4) is 17.2 Å². The van der Waals surface area contributed by atoms with Crippen molar-refractivity contribution in [2.45, 2.75) is 53.4 Å². The van der Waals surface area contributed by atoms with E-state index in [4.69, 9.17) is 9.47 Å². The number of aryl methyl sites for hydroxylation is 2. The van der Waals surface area contributed by atoms with Gasteiger partial charge < -0.3 is 14.8 Å². The van der Waals surface area contributed by atoms with Gasteiger partial charge in [0.25, 0.3) is 0 Å². The van der Waals surface area contributed by atoms with Crippen LogP contribution in [0.5, 0.6) is 17.2 Å². The summed E-state index contributed by atoms with van der Waals surface area (Å²) < 4.78 is 11.7. The van der Waals surface area contributed by atoms with Gasteiger partial charge in [0.15, 0.2) is 11.5 Å². The molecule has 0 fully saturated rings. The SMILES string of the molecule is CCCC(=O)Nc1cc(C)c(Oc2ccc(C(C)C)cc2OC)c(C)c1. The van der Waals surface area contributed by atoms with E-state index in [0.29, 0.717) is 18.1 Å². The summed E-state index contributed by atoms with van der Waals surface area (Å²) in [5.74, 6) is 2.65. The number of methoxy groups -OCH3 is 1. The predicted octanol–water partition coefficient (Wildman–Crippen LogP) is 5.97. The van der Waals surface area contributed by atoms with Crippen LogP contribution in [0.3, 0.4) is 0 Å². The van der Waals surface area contributed by atoms with Crippen LogP contribution in [-0.4, -0.2) is 13.0 Å². The number of carbonyl (C=O) groups excluding carboxylic acids is 1. The van der Waals surface area contributed by atoms with Crippen molar-refractivity contribution in [2.24, 2.45) is 0 Å². The molecule has 4 nitrogen and oxygen atoms in total. The summed E-state index contributed by atoms with van der Waals surface area (Å²) in [5, 5.41) is 2.94. The number of rotatable bonds is 7. The molecule has 1 amide bonds. The minimum Gasteiger partial charge on any atom is -0.493 e. The molecule has 26 heavy (non-hydrogen) atoms. The van der Waals surface area contributed by atoms with Crippen molar-refractivity contribution in [2.75, 3.05) is 12.4 Å². The van der Waals surface area contributed by atoms with Gasteiger partial charge in [-0.3, -0.25) is 4.79 Å². The van der Waals surface area contributed by atoms with Crippen LogP contribution in [0.1, 0.15) is 56.2 Å². The fourth-order valence-electron chi connectivity index (χ4n) is 2.87. The number of anilines is 1. The van der Waals surface area contributed by atoms with Crippen molar-refractivity contribution < 1.29 is 14.3 Å². The first kappa shape index (κ1) is 19.8. The molecule has 4 heteroatoms. The lowest BCUT2D eigenvalue weighted by atomic mass is 10.0. The van der Waals surface area contributed by atoms with Gasteiger partial charge in [0, 0.05) is 12.1 Å². The van der Waals surface area contributed by atoms with Gasteiger partial charge in [0.2, 0.25) is 5.91 Å². The van der Waals surface area contributed by atoms with E-state index in [-0.39, 0.29) is 5.91 Å². The molecule has 0 aliphatic rings. The second-order valence-corrected chi connectivity index (χ2v) is 6.90. The Morgan fingerprint density at radius 1 is 1.08 bits per heavy atom. The fraction of sp³-hybridized carbons (Fsp3) is 0.409. The van der Waals surface area contributed by atoms with Crippen LogP contribution in [0.4, 0.5) is 5.69 Å². The lowest BCUT2D eigenvalue weighted by Gasteiger charge is -2.17. The predicted molar refractivity (Wildman–Crippen MR) is 107 cm³/mol. The van der Waals surface area contributed by atoms with Crippen molar-refractivity contribution >= 4 is 11.6 Å². The average Bonchev–Trinajstić information content (AvgIpc) is 2.58. The average molecular weight is 355 g/mol. The lowest BCUT2D eigenvalue weighted by Crippen LogP contribution is -2.11. The molecule has 140 valence electrons. The van der Waals surface area contributed by atoms with E-state index in [9.17, 15) is 4.79 Å². The third-order valence-electron chi connectivity index (χ3n) is 4.29. The summed E-state index contributed by atoms with van der Waals surface area (Å²) >= 11 is 0. The fourth-order valence-corrected chi connectivity index (χ4v) is 2.87. The van der Waals surface area contributed by atoms with E-state index < -0.39 is 0 Å². The molecule has 2 aromatic rings. The van der Waals surface area contributed by atoms with E-state index in [1.54, 1.807) is 7.11 Å². The summed E-state index contributed by atoms with van der Waals surface area (Å²) in [4.78, 5) is 11.8. The van der Waals surface area contributed by atoms with Crippen molar-refractivity contribution in [1.29, 1.82) is 0 Å². The molecule has 0 aliphatic heterocycles. The van der Waals surface area contributed by atoms with Crippen LogP contribution in [0.15, 0.2) is 30.3 Å². The first-order chi connectivity index (χ1) is 12.3. The van der Waals surface area contributed by atoms with E-state index in [1.807, 2.05) is 45.0 Å². The first-order valence-electron chi connectivity index (χ1n) is 9.12. The highest BCUT2D eigenvalue weighted by atomic mass is 16.5. The Morgan fingerprint density at radius 3 is 2.27 bits per heavy atom. The van der Waals surface area contributed by atoms with Crippen LogP contribution >= 0.6 is 0 Å². The van der Waals surface area contributed by atoms with E-state index in [2.05, 4.69) is 25.2 Å². The van der Waals surface area contributed by atoms with Gasteiger partial charge in [-0.05, 0) is 67.1 Å². The molecule has 0 radical (unpaired) electrons. The van der Waals surface area contributed by atoms with Crippen LogP contribution in [0.2, 0.25) is 0 Å².